The summed E-state index contributed by atoms with van der Waals surface area (Å²) in [6.07, 6.45) is 3.36. The normalized spacial score (nSPS) is 27.3. The Bertz CT molecular complexity index is 845. The van der Waals surface area contributed by atoms with Crippen LogP contribution in [0.1, 0.15) is 30.1 Å². The zero-order chi connectivity index (χ0) is 18.1. The topological polar surface area (TPSA) is 80.3 Å². The van der Waals surface area contributed by atoms with Crippen LogP contribution in [0.25, 0.3) is 10.9 Å². The van der Waals surface area contributed by atoms with Crippen molar-refractivity contribution < 1.29 is 14.3 Å². The first-order chi connectivity index (χ1) is 12.6. The molecule has 2 fully saturated rings. The maximum Gasteiger partial charge on any atom is 0.251 e. The second-order valence-corrected chi connectivity index (χ2v) is 7.49. The van der Waals surface area contributed by atoms with E-state index in [1.54, 1.807) is 18.3 Å². The standard InChI is InChI=1S/C20H23N3O3/c1-13-9-16(13)19(25)23-20(6-8-26-12-20)11-22-18(24)15-5-4-14-3-2-7-21-17(14)10-15/h2-5,7,10,13,16H,6,8-9,11-12H2,1H3,(H,22,24)(H,23,25). The molecule has 0 spiro atoms. The van der Waals surface area contributed by atoms with E-state index in [1.165, 1.54) is 0 Å². The number of ether oxygens (including phenoxy) is 1. The van der Waals surface area contributed by atoms with Gasteiger partial charge < -0.3 is 15.4 Å². The Kier molecular flexibility index (Phi) is 4.36. The summed E-state index contributed by atoms with van der Waals surface area (Å²) >= 11 is 0. The Morgan fingerprint density at radius 1 is 1.35 bits per heavy atom. The fraction of sp³-hybridized carbons (Fsp3) is 0.450. The third kappa shape index (κ3) is 3.42. The van der Waals surface area contributed by atoms with Gasteiger partial charge in [-0.1, -0.05) is 19.1 Å². The number of carbonyl (C=O) groups excluding carboxylic acids is 2. The molecule has 136 valence electrons. The predicted molar refractivity (Wildman–Crippen MR) is 97.7 cm³/mol. The SMILES string of the molecule is CC1CC1C(=O)NC1(CNC(=O)c2ccc3cccnc3c2)CCOC1. The molecule has 2 aliphatic rings. The summed E-state index contributed by atoms with van der Waals surface area (Å²) in [5.74, 6) is 0.467. The number of aromatic nitrogens is 1. The second kappa shape index (κ2) is 6.68. The fourth-order valence-corrected chi connectivity index (χ4v) is 3.49. The molecule has 0 bridgehead atoms. The van der Waals surface area contributed by atoms with Crippen LogP contribution in [0.4, 0.5) is 0 Å². The van der Waals surface area contributed by atoms with Crippen molar-refractivity contribution in [3.05, 3.63) is 42.1 Å². The Labute approximate surface area is 152 Å². The summed E-state index contributed by atoms with van der Waals surface area (Å²) in [5, 5.41) is 7.09. The number of nitrogens with one attached hydrogen (secondary N) is 2. The molecule has 6 heteroatoms. The Hall–Kier alpha value is -2.47. The van der Waals surface area contributed by atoms with Crippen LogP contribution in [-0.2, 0) is 9.53 Å². The largest absolute Gasteiger partial charge is 0.379 e. The summed E-state index contributed by atoms with van der Waals surface area (Å²) in [5.41, 5.74) is 0.840. The van der Waals surface area contributed by atoms with Crippen molar-refractivity contribution in [2.24, 2.45) is 11.8 Å². The number of fused-ring (bicyclic) bond motifs is 1. The predicted octanol–water partition coefficient (Wildman–Crippen LogP) is 1.90. The van der Waals surface area contributed by atoms with Crippen LogP contribution in [0.5, 0.6) is 0 Å². The highest BCUT2D eigenvalue weighted by Gasteiger charge is 2.44. The molecule has 3 unspecified atom stereocenters. The van der Waals surface area contributed by atoms with E-state index in [0.717, 1.165) is 17.3 Å². The van der Waals surface area contributed by atoms with Gasteiger partial charge in [-0.25, -0.2) is 0 Å². The molecule has 6 nitrogen and oxygen atoms in total. The molecule has 1 aliphatic carbocycles. The first kappa shape index (κ1) is 17.0. The monoisotopic (exact) mass is 353 g/mol. The van der Waals surface area contributed by atoms with Crippen molar-refractivity contribution in [1.82, 2.24) is 15.6 Å². The van der Waals surface area contributed by atoms with Crippen molar-refractivity contribution in [2.75, 3.05) is 19.8 Å². The van der Waals surface area contributed by atoms with E-state index >= 15 is 0 Å². The minimum absolute atomic E-state index is 0.0761. The van der Waals surface area contributed by atoms with Crippen molar-refractivity contribution >= 4 is 22.7 Å². The Morgan fingerprint density at radius 2 is 2.19 bits per heavy atom. The minimum atomic E-state index is -0.510. The molecule has 4 rings (SSSR count). The minimum Gasteiger partial charge on any atom is -0.379 e. The van der Waals surface area contributed by atoms with E-state index in [1.807, 2.05) is 18.2 Å². The molecule has 1 saturated carbocycles. The third-order valence-corrected chi connectivity index (χ3v) is 5.39. The number of rotatable bonds is 5. The average molecular weight is 353 g/mol. The molecule has 2 aromatic rings. The fourth-order valence-electron chi connectivity index (χ4n) is 3.49. The van der Waals surface area contributed by atoms with Gasteiger partial charge in [-0.3, -0.25) is 14.6 Å². The molecule has 1 saturated heterocycles. The van der Waals surface area contributed by atoms with E-state index in [2.05, 4.69) is 22.5 Å². The highest BCUT2D eigenvalue weighted by molar-refractivity contribution is 5.97. The van der Waals surface area contributed by atoms with Crippen LogP contribution in [-0.4, -0.2) is 42.1 Å². The van der Waals surface area contributed by atoms with E-state index in [-0.39, 0.29) is 17.7 Å². The van der Waals surface area contributed by atoms with Crippen LogP contribution in [0, 0.1) is 11.8 Å². The lowest BCUT2D eigenvalue weighted by Gasteiger charge is -2.29. The van der Waals surface area contributed by atoms with Crippen LogP contribution in [0.15, 0.2) is 36.5 Å². The number of pyridine rings is 1. The van der Waals surface area contributed by atoms with E-state index in [4.69, 9.17) is 4.74 Å². The van der Waals surface area contributed by atoms with Crippen LogP contribution >= 0.6 is 0 Å². The van der Waals surface area contributed by atoms with Crippen LogP contribution in [0.2, 0.25) is 0 Å². The summed E-state index contributed by atoms with van der Waals surface area (Å²) in [6.45, 7) is 3.46. The van der Waals surface area contributed by atoms with Gasteiger partial charge in [-0.2, -0.15) is 0 Å². The highest BCUT2D eigenvalue weighted by atomic mass is 16.5. The van der Waals surface area contributed by atoms with Gasteiger partial charge >= 0.3 is 0 Å². The molecular weight excluding hydrogens is 330 g/mol. The number of carbonyl (C=O) groups is 2. The number of benzene rings is 1. The number of nitrogens with zero attached hydrogens (tertiary/aromatic N) is 1. The first-order valence-electron chi connectivity index (χ1n) is 9.09. The lowest BCUT2D eigenvalue weighted by atomic mass is 9.97. The Balaban J connectivity index is 1.43. The summed E-state index contributed by atoms with van der Waals surface area (Å²) < 4.78 is 5.51. The quantitative estimate of drug-likeness (QED) is 0.860. The van der Waals surface area contributed by atoms with Gasteiger partial charge in [0.1, 0.15) is 0 Å². The average Bonchev–Trinajstić information content (AvgIpc) is 3.22. The van der Waals surface area contributed by atoms with Gasteiger partial charge in [-0.05, 0) is 37.0 Å². The van der Waals surface area contributed by atoms with Crippen LogP contribution in [0.3, 0.4) is 0 Å². The van der Waals surface area contributed by atoms with Gasteiger partial charge in [0.15, 0.2) is 0 Å². The van der Waals surface area contributed by atoms with Gasteiger partial charge in [0.05, 0.1) is 17.7 Å². The molecule has 1 aliphatic heterocycles. The second-order valence-electron chi connectivity index (χ2n) is 7.49. The lowest BCUT2D eigenvalue weighted by molar-refractivity contribution is -0.124. The summed E-state index contributed by atoms with van der Waals surface area (Å²) in [6, 6.07) is 9.30. The molecule has 2 amide bonds. The van der Waals surface area contributed by atoms with Gasteiger partial charge in [0.2, 0.25) is 5.91 Å². The van der Waals surface area contributed by atoms with E-state index in [9.17, 15) is 9.59 Å². The zero-order valence-corrected chi connectivity index (χ0v) is 14.8. The molecule has 2 N–H and O–H groups in total. The number of amides is 2. The smallest absolute Gasteiger partial charge is 0.251 e. The van der Waals surface area contributed by atoms with Crippen LogP contribution < -0.4 is 10.6 Å². The van der Waals surface area contributed by atoms with Gasteiger partial charge in [-0.15, -0.1) is 0 Å². The van der Waals surface area contributed by atoms with Gasteiger partial charge in [0, 0.05) is 36.2 Å². The number of hydrogen-bond donors (Lipinski definition) is 2. The maximum absolute atomic E-state index is 12.6. The molecule has 0 radical (unpaired) electrons. The molecule has 26 heavy (non-hydrogen) atoms. The molecule has 3 atom stereocenters. The Morgan fingerprint density at radius 3 is 2.92 bits per heavy atom. The van der Waals surface area contributed by atoms with Gasteiger partial charge in [0.25, 0.3) is 5.91 Å². The van der Waals surface area contributed by atoms with Crippen molar-refractivity contribution in [3.63, 3.8) is 0 Å². The van der Waals surface area contributed by atoms with Crippen molar-refractivity contribution in [1.29, 1.82) is 0 Å². The summed E-state index contributed by atoms with van der Waals surface area (Å²) in [7, 11) is 0. The third-order valence-electron chi connectivity index (χ3n) is 5.39. The highest BCUT2D eigenvalue weighted by Crippen LogP contribution is 2.38. The first-order valence-corrected chi connectivity index (χ1v) is 9.09. The lowest BCUT2D eigenvalue weighted by Crippen LogP contribution is -2.56. The summed E-state index contributed by atoms with van der Waals surface area (Å²) in [4.78, 5) is 29.2. The van der Waals surface area contributed by atoms with Crippen molar-refractivity contribution in [3.8, 4) is 0 Å². The van der Waals surface area contributed by atoms with Crippen molar-refractivity contribution in [2.45, 2.75) is 25.3 Å². The van der Waals surface area contributed by atoms with E-state index in [0.29, 0.717) is 37.7 Å². The van der Waals surface area contributed by atoms with E-state index < -0.39 is 5.54 Å². The maximum atomic E-state index is 12.6. The molecule has 1 aromatic heterocycles. The number of hydrogen-bond acceptors (Lipinski definition) is 4. The molecular formula is C20H23N3O3. The zero-order valence-electron chi connectivity index (χ0n) is 14.8. The molecule has 1 aromatic carbocycles. The molecule has 2 heterocycles.